The van der Waals surface area contributed by atoms with E-state index in [1.807, 2.05) is 18.0 Å². The van der Waals surface area contributed by atoms with E-state index in [1.165, 1.54) is 17.1 Å². The number of nitrogens with zero attached hydrogens (tertiary/aromatic N) is 3. The molecule has 0 bridgehead atoms. The molecule has 4 nitrogen and oxygen atoms in total. The lowest BCUT2D eigenvalue weighted by molar-refractivity contribution is 0.669. The smallest absolute Gasteiger partial charge is 0.225 e. The molecule has 1 saturated heterocycles. The Kier molecular flexibility index (Phi) is 4.83. The van der Waals surface area contributed by atoms with Crippen molar-refractivity contribution < 1.29 is 0 Å². The molecule has 18 heavy (non-hydrogen) atoms. The molecule has 1 aromatic heterocycles. The summed E-state index contributed by atoms with van der Waals surface area (Å²) in [6.45, 7) is 9.31. The molecule has 0 aromatic carbocycles. The van der Waals surface area contributed by atoms with E-state index in [9.17, 15) is 0 Å². The minimum atomic E-state index is 0.530. The number of aryl methyl sites for hydroxylation is 1. The first-order valence-corrected chi connectivity index (χ1v) is 7.75. The van der Waals surface area contributed by atoms with Gasteiger partial charge in [0.05, 0.1) is 0 Å². The molecule has 1 N–H and O–H groups in total. The SMILES string of the molecule is CCNCc1cnc(N2CCSCC2C)nc1C. The Morgan fingerprint density at radius 1 is 1.56 bits per heavy atom. The van der Waals surface area contributed by atoms with Crippen LogP contribution in [-0.4, -0.2) is 40.6 Å². The number of nitrogens with one attached hydrogen (secondary N) is 1. The Morgan fingerprint density at radius 3 is 3.06 bits per heavy atom. The number of hydrogen-bond donors (Lipinski definition) is 1. The fourth-order valence-corrected chi connectivity index (χ4v) is 3.09. The molecular formula is C13H22N4S. The monoisotopic (exact) mass is 266 g/mol. The van der Waals surface area contributed by atoms with Crippen LogP contribution in [0.15, 0.2) is 6.20 Å². The first-order chi connectivity index (χ1) is 8.72. The standard InChI is InChI=1S/C13H22N4S/c1-4-14-7-12-8-15-13(16-11(12)3)17-5-6-18-9-10(17)2/h8,10,14H,4-7,9H2,1-3H3. The predicted molar refractivity (Wildman–Crippen MR) is 78.3 cm³/mol. The second-order valence-electron chi connectivity index (χ2n) is 4.68. The van der Waals surface area contributed by atoms with Gasteiger partial charge in [0.2, 0.25) is 5.95 Å². The normalized spacial score (nSPS) is 20.2. The Labute approximate surface area is 114 Å². The van der Waals surface area contributed by atoms with E-state index in [0.717, 1.165) is 31.3 Å². The van der Waals surface area contributed by atoms with Crippen molar-refractivity contribution in [3.05, 3.63) is 17.5 Å². The quantitative estimate of drug-likeness (QED) is 0.900. The molecule has 1 aliphatic rings. The molecule has 100 valence electrons. The largest absolute Gasteiger partial charge is 0.336 e. The highest BCUT2D eigenvalue weighted by Gasteiger charge is 2.21. The van der Waals surface area contributed by atoms with Gasteiger partial charge in [-0.25, -0.2) is 9.97 Å². The van der Waals surface area contributed by atoms with Gasteiger partial charge in [-0.05, 0) is 20.4 Å². The second kappa shape index (κ2) is 6.38. The molecule has 1 unspecified atom stereocenters. The number of hydrogen-bond acceptors (Lipinski definition) is 5. The fraction of sp³-hybridized carbons (Fsp3) is 0.692. The van der Waals surface area contributed by atoms with E-state index in [4.69, 9.17) is 0 Å². The molecule has 0 saturated carbocycles. The average molecular weight is 266 g/mol. The Bertz CT molecular complexity index is 397. The van der Waals surface area contributed by atoms with Gasteiger partial charge >= 0.3 is 0 Å². The lowest BCUT2D eigenvalue weighted by Crippen LogP contribution is -2.41. The lowest BCUT2D eigenvalue weighted by atomic mass is 10.2. The molecule has 1 atom stereocenters. The van der Waals surface area contributed by atoms with Gasteiger partial charge in [-0.3, -0.25) is 0 Å². The van der Waals surface area contributed by atoms with Crippen molar-refractivity contribution in [2.45, 2.75) is 33.4 Å². The summed E-state index contributed by atoms with van der Waals surface area (Å²) in [5, 5.41) is 3.32. The molecule has 1 fully saturated rings. The molecule has 1 aromatic rings. The highest BCUT2D eigenvalue weighted by atomic mass is 32.2. The lowest BCUT2D eigenvalue weighted by Gasteiger charge is -2.33. The van der Waals surface area contributed by atoms with Crippen LogP contribution in [0, 0.1) is 6.92 Å². The van der Waals surface area contributed by atoms with Crippen molar-refractivity contribution in [1.82, 2.24) is 15.3 Å². The van der Waals surface area contributed by atoms with Crippen molar-refractivity contribution in [2.24, 2.45) is 0 Å². The zero-order valence-electron chi connectivity index (χ0n) is 11.4. The van der Waals surface area contributed by atoms with Gasteiger partial charge in [0.15, 0.2) is 0 Å². The maximum absolute atomic E-state index is 4.67. The molecule has 2 rings (SSSR count). The molecular weight excluding hydrogens is 244 g/mol. The van der Waals surface area contributed by atoms with Gasteiger partial charge in [-0.2, -0.15) is 11.8 Å². The zero-order chi connectivity index (χ0) is 13.0. The van der Waals surface area contributed by atoms with Crippen LogP contribution < -0.4 is 10.2 Å². The summed E-state index contributed by atoms with van der Waals surface area (Å²) < 4.78 is 0. The minimum Gasteiger partial charge on any atom is -0.336 e. The second-order valence-corrected chi connectivity index (χ2v) is 5.83. The third kappa shape index (κ3) is 3.14. The van der Waals surface area contributed by atoms with Gasteiger partial charge in [0, 0.05) is 48.1 Å². The summed E-state index contributed by atoms with van der Waals surface area (Å²) in [4.78, 5) is 11.5. The Hall–Kier alpha value is -0.810. The predicted octanol–water partition coefficient (Wildman–Crippen LogP) is 1.84. The van der Waals surface area contributed by atoms with Crippen molar-refractivity contribution >= 4 is 17.7 Å². The number of rotatable bonds is 4. The third-order valence-electron chi connectivity index (χ3n) is 3.26. The average Bonchev–Trinajstić information content (AvgIpc) is 2.38. The summed E-state index contributed by atoms with van der Waals surface area (Å²) in [5.41, 5.74) is 2.28. The van der Waals surface area contributed by atoms with E-state index in [1.54, 1.807) is 0 Å². The van der Waals surface area contributed by atoms with Crippen LogP contribution in [0.2, 0.25) is 0 Å². The summed E-state index contributed by atoms with van der Waals surface area (Å²) in [6, 6.07) is 0.530. The Balaban J connectivity index is 2.12. The number of anilines is 1. The summed E-state index contributed by atoms with van der Waals surface area (Å²) >= 11 is 2.01. The van der Waals surface area contributed by atoms with Crippen LogP contribution >= 0.6 is 11.8 Å². The molecule has 1 aliphatic heterocycles. The Morgan fingerprint density at radius 2 is 2.39 bits per heavy atom. The first-order valence-electron chi connectivity index (χ1n) is 6.60. The highest BCUT2D eigenvalue weighted by molar-refractivity contribution is 7.99. The van der Waals surface area contributed by atoms with Gasteiger partial charge in [0.1, 0.15) is 0 Å². The van der Waals surface area contributed by atoms with Crippen LogP contribution in [0.4, 0.5) is 5.95 Å². The zero-order valence-corrected chi connectivity index (χ0v) is 12.3. The van der Waals surface area contributed by atoms with E-state index >= 15 is 0 Å². The molecule has 2 heterocycles. The third-order valence-corrected chi connectivity index (χ3v) is 4.45. The van der Waals surface area contributed by atoms with Crippen molar-refractivity contribution in [2.75, 3.05) is 29.5 Å². The molecule has 0 spiro atoms. The van der Waals surface area contributed by atoms with Gasteiger partial charge < -0.3 is 10.2 Å². The van der Waals surface area contributed by atoms with Crippen molar-refractivity contribution in [3.63, 3.8) is 0 Å². The minimum absolute atomic E-state index is 0.530. The summed E-state index contributed by atoms with van der Waals surface area (Å²) in [5.74, 6) is 3.23. The maximum Gasteiger partial charge on any atom is 0.225 e. The van der Waals surface area contributed by atoms with Crippen LogP contribution in [0.3, 0.4) is 0 Å². The molecule has 0 amide bonds. The van der Waals surface area contributed by atoms with Crippen LogP contribution in [0.25, 0.3) is 0 Å². The molecule has 0 aliphatic carbocycles. The first kappa shape index (κ1) is 13.6. The summed E-state index contributed by atoms with van der Waals surface area (Å²) in [7, 11) is 0. The van der Waals surface area contributed by atoms with Crippen LogP contribution in [0.1, 0.15) is 25.1 Å². The number of thioether (sulfide) groups is 1. The molecule has 0 radical (unpaired) electrons. The van der Waals surface area contributed by atoms with Crippen molar-refractivity contribution in [1.29, 1.82) is 0 Å². The van der Waals surface area contributed by atoms with Gasteiger partial charge in [-0.1, -0.05) is 6.92 Å². The topological polar surface area (TPSA) is 41.1 Å². The summed E-state index contributed by atoms with van der Waals surface area (Å²) in [6.07, 6.45) is 1.97. The van der Waals surface area contributed by atoms with E-state index in [2.05, 4.69) is 41.0 Å². The van der Waals surface area contributed by atoms with Crippen molar-refractivity contribution in [3.8, 4) is 0 Å². The van der Waals surface area contributed by atoms with E-state index < -0.39 is 0 Å². The fourth-order valence-electron chi connectivity index (χ4n) is 2.08. The van der Waals surface area contributed by atoms with E-state index in [-0.39, 0.29) is 0 Å². The molecule has 5 heteroatoms. The van der Waals surface area contributed by atoms with Crippen LogP contribution in [-0.2, 0) is 6.54 Å². The highest BCUT2D eigenvalue weighted by Crippen LogP contribution is 2.21. The maximum atomic E-state index is 4.67. The van der Waals surface area contributed by atoms with E-state index in [0.29, 0.717) is 6.04 Å². The van der Waals surface area contributed by atoms with Gasteiger partial charge in [-0.15, -0.1) is 0 Å². The van der Waals surface area contributed by atoms with Crippen LogP contribution in [0.5, 0.6) is 0 Å². The van der Waals surface area contributed by atoms with Gasteiger partial charge in [0.25, 0.3) is 0 Å². The number of aromatic nitrogens is 2.